The van der Waals surface area contributed by atoms with Gasteiger partial charge in [0.2, 0.25) is 11.8 Å². The second-order valence-corrected chi connectivity index (χ2v) is 6.16. The molecule has 5 nitrogen and oxygen atoms in total. The Kier molecular flexibility index (Phi) is 2.82. The molecular formula is C16H15FN2O3. The molecule has 22 heavy (non-hydrogen) atoms. The first-order chi connectivity index (χ1) is 10.6. The van der Waals surface area contributed by atoms with E-state index >= 15 is 0 Å². The Morgan fingerprint density at radius 2 is 1.91 bits per heavy atom. The first kappa shape index (κ1) is 13.4. The molecule has 0 aromatic heterocycles. The van der Waals surface area contributed by atoms with Crippen LogP contribution in [0.2, 0.25) is 0 Å². The number of amides is 3. The van der Waals surface area contributed by atoms with Gasteiger partial charge in [0.15, 0.2) is 0 Å². The fourth-order valence-corrected chi connectivity index (χ4v) is 3.43. The fourth-order valence-electron chi connectivity index (χ4n) is 3.43. The Bertz CT molecular complexity index is 712. The molecule has 2 heterocycles. The quantitative estimate of drug-likeness (QED) is 0.841. The summed E-state index contributed by atoms with van der Waals surface area (Å²) >= 11 is 0. The molecule has 0 bridgehead atoms. The van der Waals surface area contributed by atoms with Crippen LogP contribution in [0.3, 0.4) is 0 Å². The van der Waals surface area contributed by atoms with Crippen LogP contribution in [0.1, 0.15) is 53.1 Å². The largest absolute Gasteiger partial charge is 0.322 e. The molecule has 1 atom stereocenters. The third-order valence-electron chi connectivity index (χ3n) is 4.70. The van der Waals surface area contributed by atoms with Crippen LogP contribution in [0, 0.1) is 5.82 Å². The van der Waals surface area contributed by atoms with Gasteiger partial charge in [0, 0.05) is 13.0 Å². The second-order valence-electron chi connectivity index (χ2n) is 6.16. The number of fused-ring (bicyclic) bond motifs is 1. The van der Waals surface area contributed by atoms with Crippen LogP contribution in [-0.2, 0) is 16.1 Å². The van der Waals surface area contributed by atoms with Crippen LogP contribution in [-0.4, -0.2) is 28.7 Å². The number of hydrogen-bond acceptors (Lipinski definition) is 3. The normalized spacial score (nSPS) is 24.5. The fraction of sp³-hybridized carbons (Fsp3) is 0.438. The molecule has 1 N–H and O–H groups in total. The minimum atomic E-state index is -0.691. The lowest BCUT2D eigenvalue weighted by atomic mass is 9.99. The van der Waals surface area contributed by atoms with E-state index < -0.39 is 23.7 Å². The Balaban J connectivity index is 1.69. The first-order valence-electron chi connectivity index (χ1n) is 7.52. The van der Waals surface area contributed by atoms with Crippen molar-refractivity contribution in [3.05, 3.63) is 34.6 Å². The van der Waals surface area contributed by atoms with Crippen molar-refractivity contribution in [2.75, 3.05) is 0 Å². The van der Waals surface area contributed by atoms with Crippen molar-refractivity contribution in [3.8, 4) is 0 Å². The number of benzene rings is 1. The van der Waals surface area contributed by atoms with E-state index in [1.54, 1.807) is 6.07 Å². The molecule has 0 radical (unpaired) electrons. The number of rotatable bonds is 2. The average molecular weight is 302 g/mol. The summed E-state index contributed by atoms with van der Waals surface area (Å²) in [6, 6.07) is 2.41. The molecule has 1 aromatic carbocycles. The Morgan fingerprint density at radius 3 is 2.59 bits per heavy atom. The Morgan fingerprint density at radius 1 is 1.14 bits per heavy atom. The van der Waals surface area contributed by atoms with Crippen molar-refractivity contribution in [2.45, 2.75) is 44.2 Å². The van der Waals surface area contributed by atoms with Crippen LogP contribution in [0.5, 0.6) is 0 Å². The summed E-state index contributed by atoms with van der Waals surface area (Å²) < 4.78 is 14.1. The molecule has 0 spiro atoms. The predicted molar refractivity (Wildman–Crippen MR) is 74.4 cm³/mol. The summed E-state index contributed by atoms with van der Waals surface area (Å²) in [5.74, 6) is -1.35. The third-order valence-corrected chi connectivity index (χ3v) is 4.70. The van der Waals surface area contributed by atoms with Crippen molar-refractivity contribution in [1.82, 2.24) is 10.2 Å². The van der Waals surface area contributed by atoms with Gasteiger partial charge in [0.1, 0.15) is 11.9 Å². The standard InChI is InChI=1S/C16H15FN2O3/c17-11-4-3-9(8-1-2-8)10-7-19(16(22)14(10)11)12-5-6-13(20)18-15(12)21/h3-4,8,12H,1-2,5-7H2,(H,18,20,21). The van der Waals surface area contributed by atoms with E-state index in [-0.39, 0.29) is 24.4 Å². The second kappa shape index (κ2) is 4.63. The summed E-state index contributed by atoms with van der Waals surface area (Å²) in [6.07, 6.45) is 2.62. The molecule has 3 aliphatic rings. The number of halogens is 1. The first-order valence-corrected chi connectivity index (χ1v) is 7.52. The van der Waals surface area contributed by atoms with E-state index in [2.05, 4.69) is 5.32 Å². The predicted octanol–water partition coefficient (Wildman–Crippen LogP) is 1.46. The number of imide groups is 1. The molecular weight excluding hydrogens is 287 g/mol. The average Bonchev–Trinajstić information content (AvgIpc) is 3.24. The van der Waals surface area contributed by atoms with E-state index in [0.29, 0.717) is 12.3 Å². The minimum Gasteiger partial charge on any atom is -0.322 e. The van der Waals surface area contributed by atoms with Crippen LogP contribution in [0.15, 0.2) is 12.1 Å². The van der Waals surface area contributed by atoms with Crippen LogP contribution < -0.4 is 5.32 Å². The number of piperidine rings is 1. The number of nitrogens with one attached hydrogen (secondary N) is 1. The van der Waals surface area contributed by atoms with Crippen molar-refractivity contribution in [1.29, 1.82) is 0 Å². The van der Waals surface area contributed by atoms with Gasteiger partial charge in [-0.3, -0.25) is 19.7 Å². The summed E-state index contributed by atoms with van der Waals surface area (Å²) in [4.78, 5) is 37.2. The van der Waals surface area contributed by atoms with Gasteiger partial charge >= 0.3 is 0 Å². The van der Waals surface area contributed by atoms with Crippen molar-refractivity contribution in [2.24, 2.45) is 0 Å². The van der Waals surface area contributed by atoms with Gasteiger partial charge in [0.05, 0.1) is 5.56 Å². The molecule has 1 aliphatic carbocycles. The summed E-state index contributed by atoms with van der Waals surface area (Å²) in [7, 11) is 0. The van der Waals surface area contributed by atoms with E-state index in [1.807, 2.05) is 0 Å². The van der Waals surface area contributed by atoms with Gasteiger partial charge in [0.25, 0.3) is 5.91 Å². The maximum absolute atomic E-state index is 14.1. The highest BCUT2D eigenvalue weighted by atomic mass is 19.1. The maximum atomic E-state index is 14.1. The zero-order valence-corrected chi connectivity index (χ0v) is 11.9. The van der Waals surface area contributed by atoms with Crippen LogP contribution >= 0.6 is 0 Å². The molecule has 4 rings (SSSR count). The molecule has 3 amide bonds. The summed E-state index contributed by atoms with van der Waals surface area (Å²) in [6.45, 7) is 0.254. The molecule has 2 aliphatic heterocycles. The van der Waals surface area contributed by atoms with Gasteiger partial charge < -0.3 is 4.90 Å². The number of hydrogen-bond donors (Lipinski definition) is 1. The minimum absolute atomic E-state index is 0.106. The molecule has 1 saturated carbocycles. The van der Waals surface area contributed by atoms with E-state index in [9.17, 15) is 18.8 Å². The number of carbonyl (C=O) groups is 3. The van der Waals surface area contributed by atoms with Gasteiger partial charge in [-0.1, -0.05) is 6.07 Å². The van der Waals surface area contributed by atoms with E-state index in [1.165, 1.54) is 11.0 Å². The molecule has 114 valence electrons. The zero-order chi connectivity index (χ0) is 15.4. The smallest absolute Gasteiger partial charge is 0.258 e. The van der Waals surface area contributed by atoms with Crippen LogP contribution in [0.4, 0.5) is 4.39 Å². The van der Waals surface area contributed by atoms with Crippen molar-refractivity contribution >= 4 is 17.7 Å². The van der Waals surface area contributed by atoms with Crippen LogP contribution in [0.25, 0.3) is 0 Å². The number of nitrogens with zero attached hydrogens (tertiary/aromatic N) is 1. The van der Waals surface area contributed by atoms with Gasteiger partial charge in [-0.2, -0.15) is 0 Å². The third kappa shape index (κ3) is 1.94. The van der Waals surface area contributed by atoms with Crippen molar-refractivity contribution in [3.63, 3.8) is 0 Å². The monoisotopic (exact) mass is 302 g/mol. The lowest BCUT2D eigenvalue weighted by Crippen LogP contribution is -2.52. The summed E-state index contributed by atoms with van der Waals surface area (Å²) in [5, 5.41) is 2.25. The Labute approximate surface area is 126 Å². The topological polar surface area (TPSA) is 66.5 Å². The maximum Gasteiger partial charge on any atom is 0.258 e. The summed E-state index contributed by atoms with van der Waals surface area (Å²) in [5.41, 5.74) is 1.85. The number of carbonyl (C=O) groups excluding carboxylic acids is 3. The zero-order valence-electron chi connectivity index (χ0n) is 11.9. The van der Waals surface area contributed by atoms with E-state index in [0.717, 1.165) is 24.0 Å². The lowest BCUT2D eigenvalue weighted by molar-refractivity contribution is -0.136. The molecule has 2 fully saturated rings. The van der Waals surface area contributed by atoms with Gasteiger partial charge in [-0.15, -0.1) is 0 Å². The van der Waals surface area contributed by atoms with Gasteiger partial charge in [-0.05, 0) is 42.4 Å². The highest BCUT2D eigenvalue weighted by Crippen LogP contribution is 2.45. The highest BCUT2D eigenvalue weighted by molar-refractivity contribution is 6.05. The SMILES string of the molecule is O=C1CCC(N2Cc3c(C4CC4)ccc(F)c3C2=O)C(=O)N1. The molecule has 6 heteroatoms. The Hall–Kier alpha value is -2.24. The molecule has 1 unspecified atom stereocenters. The lowest BCUT2D eigenvalue weighted by Gasteiger charge is -2.29. The van der Waals surface area contributed by atoms with Crippen molar-refractivity contribution < 1.29 is 18.8 Å². The highest BCUT2D eigenvalue weighted by Gasteiger charge is 2.42. The molecule has 1 saturated heterocycles. The van der Waals surface area contributed by atoms with Gasteiger partial charge in [-0.25, -0.2) is 4.39 Å². The molecule has 1 aromatic rings. The van der Waals surface area contributed by atoms with E-state index in [4.69, 9.17) is 0 Å².